The van der Waals surface area contributed by atoms with Crippen LogP contribution in [-0.4, -0.2) is 19.8 Å². The van der Waals surface area contributed by atoms with Gasteiger partial charge in [0.1, 0.15) is 11.4 Å². The van der Waals surface area contributed by atoms with E-state index in [0.717, 1.165) is 16.8 Å². The molecule has 0 saturated carbocycles. The van der Waals surface area contributed by atoms with Crippen LogP contribution in [-0.2, 0) is 9.31 Å². The van der Waals surface area contributed by atoms with Crippen molar-refractivity contribution in [3.63, 3.8) is 0 Å². The normalized spacial score (nSPS) is 18.1. The monoisotopic (exact) mass is 232 g/mol. The number of ether oxygens (including phenoxy) is 1. The summed E-state index contributed by atoms with van der Waals surface area (Å²) in [5.74, 6) is 1.46. The molecule has 1 fully saturated rings. The van der Waals surface area contributed by atoms with Gasteiger partial charge < -0.3 is 14.0 Å². The molecule has 0 unspecified atom stereocenters. The molecule has 90 valence electrons. The van der Waals surface area contributed by atoms with Crippen LogP contribution >= 0.6 is 0 Å². The number of benzene rings is 1. The van der Waals surface area contributed by atoms with Crippen molar-refractivity contribution in [2.75, 3.05) is 7.11 Å². The van der Waals surface area contributed by atoms with E-state index in [9.17, 15) is 0 Å². The molecule has 1 aliphatic heterocycles. The standard InChI is InChI=1S/C13H17BO3/c1-9-6-11(8-12(7-9)15-5)14-16-10(2)13(3,4)17-14/h6-8H,2H2,1,3-5H3. The molecule has 0 aliphatic carbocycles. The smallest absolute Gasteiger partial charge is 0.534 e. The Bertz CT molecular complexity index is 454. The molecule has 0 atom stereocenters. The molecule has 17 heavy (non-hydrogen) atoms. The molecule has 3 nitrogen and oxygen atoms in total. The first-order valence-corrected chi connectivity index (χ1v) is 5.62. The molecule has 0 N–H and O–H groups in total. The van der Waals surface area contributed by atoms with Crippen molar-refractivity contribution in [2.24, 2.45) is 0 Å². The van der Waals surface area contributed by atoms with Gasteiger partial charge in [-0.1, -0.05) is 12.6 Å². The van der Waals surface area contributed by atoms with Gasteiger partial charge >= 0.3 is 7.12 Å². The van der Waals surface area contributed by atoms with Crippen molar-refractivity contribution in [1.29, 1.82) is 0 Å². The number of rotatable bonds is 2. The van der Waals surface area contributed by atoms with Gasteiger partial charge in [0.25, 0.3) is 0 Å². The van der Waals surface area contributed by atoms with Crippen LogP contribution in [0.25, 0.3) is 0 Å². The summed E-state index contributed by atoms with van der Waals surface area (Å²) in [5.41, 5.74) is 1.62. The molecule has 0 radical (unpaired) electrons. The number of hydrogen-bond acceptors (Lipinski definition) is 3. The topological polar surface area (TPSA) is 27.7 Å². The molecule has 1 aromatic carbocycles. The number of aryl methyl sites for hydroxylation is 1. The largest absolute Gasteiger partial charge is 0.563 e. The highest BCUT2D eigenvalue weighted by Crippen LogP contribution is 2.29. The average molecular weight is 232 g/mol. The second kappa shape index (κ2) is 4.11. The maximum absolute atomic E-state index is 5.82. The van der Waals surface area contributed by atoms with Gasteiger partial charge in [-0.05, 0) is 38.5 Å². The minimum Gasteiger partial charge on any atom is -0.534 e. The number of methoxy groups -OCH3 is 1. The zero-order valence-corrected chi connectivity index (χ0v) is 10.7. The maximum Gasteiger partial charge on any atom is 0.563 e. The van der Waals surface area contributed by atoms with E-state index in [1.807, 2.05) is 39.0 Å². The summed E-state index contributed by atoms with van der Waals surface area (Å²) < 4.78 is 16.7. The molecule has 1 saturated heterocycles. The highest BCUT2D eigenvalue weighted by molar-refractivity contribution is 6.62. The third-order valence-electron chi connectivity index (χ3n) is 2.90. The highest BCUT2D eigenvalue weighted by Gasteiger charge is 2.42. The fraction of sp³-hybridized carbons (Fsp3) is 0.385. The van der Waals surface area contributed by atoms with Crippen LogP contribution in [0.2, 0.25) is 0 Å². The Morgan fingerprint density at radius 2 is 2.00 bits per heavy atom. The van der Waals surface area contributed by atoms with Gasteiger partial charge in [-0.25, -0.2) is 0 Å². The Morgan fingerprint density at radius 3 is 2.53 bits per heavy atom. The van der Waals surface area contributed by atoms with E-state index < -0.39 is 12.7 Å². The van der Waals surface area contributed by atoms with Crippen LogP contribution in [0.15, 0.2) is 30.5 Å². The van der Waals surface area contributed by atoms with Gasteiger partial charge in [-0.2, -0.15) is 0 Å². The molecule has 0 spiro atoms. The second-order valence-electron chi connectivity index (χ2n) is 4.78. The molecule has 0 bridgehead atoms. The number of hydrogen-bond donors (Lipinski definition) is 0. The molecule has 1 heterocycles. The Kier molecular flexibility index (Phi) is 2.92. The fourth-order valence-corrected chi connectivity index (χ4v) is 1.80. The predicted octanol–water partition coefficient (Wildman–Crippen LogP) is 2.04. The van der Waals surface area contributed by atoms with Crippen molar-refractivity contribution in [2.45, 2.75) is 26.4 Å². The lowest BCUT2D eigenvalue weighted by atomic mass is 9.78. The Balaban J connectivity index is 2.30. The van der Waals surface area contributed by atoms with E-state index in [-0.39, 0.29) is 0 Å². The predicted molar refractivity (Wildman–Crippen MR) is 68.5 cm³/mol. The highest BCUT2D eigenvalue weighted by atomic mass is 16.7. The zero-order chi connectivity index (χ0) is 12.6. The minimum absolute atomic E-state index is 0.397. The van der Waals surface area contributed by atoms with E-state index in [1.165, 1.54) is 0 Å². The molecule has 4 heteroatoms. The zero-order valence-electron chi connectivity index (χ0n) is 10.7. The maximum atomic E-state index is 5.82. The second-order valence-corrected chi connectivity index (χ2v) is 4.78. The SMILES string of the molecule is C=C1OB(c2cc(C)cc(OC)c2)OC1(C)C. The van der Waals surface area contributed by atoms with E-state index in [0.29, 0.717) is 5.76 Å². The van der Waals surface area contributed by atoms with Crippen LogP contribution < -0.4 is 10.2 Å². The average Bonchev–Trinajstić information content (AvgIpc) is 2.53. The molecular formula is C13H17BO3. The van der Waals surface area contributed by atoms with Gasteiger partial charge in [-0.15, -0.1) is 0 Å². The fourth-order valence-electron chi connectivity index (χ4n) is 1.80. The van der Waals surface area contributed by atoms with Crippen LogP contribution in [0.1, 0.15) is 19.4 Å². The molecule has 0 amide bonds. The first-order valence-electron chi connectivity index (χ1n) is 5.62. The van der Waals surface area contributed by atoms with Crippen molar-refractivity contribution in [3.8, 4) is 5.75 Å². The molecule has 1 aliphatic rings. The summed E-state index contributed by atoms with van der Waals surface area (Å²) in [5, 5.41) is 0. The first kappa shape index (κ1) is 12.1. The summed E-state index contributed by atoms with van der Waals surface area (Å²) in [6.07, 6.45) is 0. The Morgan fingerprint density at radius 1 is 1.29 bits per heavy atom. The summed E-state index contributed by atoms with van der Waals surface area (Å²) >= 11 is 0. The lowest BCUT2D eigenvalue weighted by Gasteiger charge is -2.15. The van der Waals surface area contributed by atoms with E-state index in [4.69, 9.17) is 14.0 Å². The third kappa shape index (κ3) is 2.32. The molecule has 1 aromatic rings. The van der Waals surface area contributed by atoms with Crippen LogP contribution in [0.5, 0.6) is 5.75 Å². The molecule has 0 aromatic heterocycles. The van der Waals surface area contributed by atoms with Gasteiger partial charge in [0.15, 0.2) is 0 Å². The minimum atomic E-state index is -0.443. The Labute approximate surface area is 103 Å². The van der Waals surface area contributed by atoms with E-state index >= 15 is 0 Å². The quantitative estimate of drug-likeness (QED) is 0.730. The molecular weight excluding hydrogens is 215 g/mol. The molecule has 2 rings (SSSR count). The van der Waals surface area contributed by atoms with E-state index in [2.05, 4.69) is 6.58 Å². The third-order valence-corrected chi connectivity index (χ3v) is 2.90. The van der Waals surface area contributed by atoms with Crippen molar-refractivity contribution in [1.82, 2.24) is 0 Å². The van der Waals surface area contributed by atoms with E-state index in [1.54, 1.807) is 7.11 Å². The van der Waals surface area contributed by atoms with Crippen molar-refractivity contribution >= 4 is 12.6 Å². The van der Waals surface area contributed by atoms with Gasteiger partial charge in [0.05, 0.1) is 12.9 Å². The van der Waals surface area contributed by atoms with Crippen molar-refractivity contribution < 1.29 is 14.0 Å². The summed E-state index contributed by atoms with van der Waals surface area (Å²) in [4.78, 5) is 0. The lowest BCUT2D eigenvalue weighted by molar-refractivity contribution is 0.173. The first-order chi connectivity index (χ1) is 7.92. The van der Waals surface area contributed by atoms with Gasteiger partial charge in [0.2, 0.25) is 0 Å². The van der Waals surface area contributed by atoms with Crippen molar-refractivity contribution in [3.05, 3.63) is 36.1 Å². The van der Waals surface area contributed by atoms with Crippen LogP contribution in [0.3, 0.4) is 0 Å². The summed E-state index contributed by atoms with van der Waals surface area (Å²) in [6.45, 7) is 9.78. The Hall–Kier alpha value is -1.42. The van der Waals surface area contributed by atoms with Crippen LogP contribution in [0.4, 0.5) is 0 Å². The summed E-state index contributed by atoms with van der Waals surface area (Å²) in [6, 6.07) is 5.92. The lowest BCUT2D eigenvalue weighted by Crippen LogP contribution is -2.34. The van der Waals surface area contributed by atoms with Gasteiger partial charge in [-0.3, -0.25) is 0 Å². The van der Waals surface area contributed by atoms with Gasteiger partial charge in [0, 0.05) is 5.46 Å². The summed E-state index contributed by atoms with van der Waals surface area (Å²) in [7, 11) is 1.25. The van der Waals surface area contributed by atoms with Crippen LogP contribution in [0, 0.1) is 6.92 Å².